The number of hydrogen-bond acceptors (Lipinski definition) is 4. The maximum Gasteiger partial charge on any atom is 0.242 e. The van der Waals surface area contributed by atoms with Crippen LogP contribution < -0.4 is 10.1 Å². The summed E-state index contributed by atoms with van der Waals surface area (Å²) in [5, 5.41) is 2.63. The van der Waals surface area contributed by atoms with Gasteiger partial charge in [-0.1, -0.05) is 40.2 Å². The third-order valence-corrected chi connectivity index (χ3v) is 5.85. The van der Waals surface area contributed by atoms with E-state index in [2.05, 4.69) is 21.2 Å². The number of amides is 2. The normalized spacial score (nSPS) is 11.6. The van der Waals surface area contributed by atoms with Crippen LogP contribution in [0.2, 0.25) is 0 Å². The highest BCUT2D eigenvalue weighted by Gasteiger charge is 2.25. The van der Waals surface area contributed by atoms with Crippen LogP contribution in [0.5, 0.6) is 5.75 Å². The van der Waals surface area contributed by atoms with Gasteiger partial charge in [0.25, 0.3) is 0 Å². The van der Waals surface area contributed by atoms with Crippen molar-refractivity contribution in [1.29, 1.82) is 0 Å². The van der Waals surface area contributed by atoms with Gasteiger partial charge in [0.05, 0.1) is 12.9 Å². The van der Waals surface area contributed by atoms with Crippen molar-refractivity contribution in [3.63, 3.8) is 0 Å². The number of thioether (sulfide) groups is 1. The SMILES string of the molecule is CNC(=O)[C@@H](C)N(Cc1ccc(Br)cc1)C(=O)CSCc1ccc(OC)cc1. The number of nitrogens with one attached hydrogen (secondary N) is 1. The Kier molecular flexibility index (Phi) is 8.86. The number of hydrogen-bond donors (Lipinski definition) is 1. The van der Waals surface area contributed by atoms with Crippen molar-refractivity contribution in [2.24, 2.45) is 0 Å². The molecule has 0 aliphatic heterocycles. The van der Waals surface area contributed by atoms with Gasteiger partial charge in [-0.15, -0.1) is 11.8 Å². The Balaban J connectivity index is 2.00. The first-order valence-electron chi connectivity index (χ1n) is 8.90. The maximum absolute atomic E-state index is 12.9. The lowest BCUT2D eigenvalue weighted by molar-refractivity contribution is -0.138. The van der Waals surface area contributed by atoms with E-state index in [-0.39, 0.29) is 11.8 Å². The molecule has 0 aliphatic carbocycles. The van der Waals surface area contributed by atoms with Crippen LogP contribution in [0, 0.1) is 0 Å². The molecule has 0 spiro atoms. The summed E-state index contributed by atoms with van der Waals surface area (Å²) in [5.74, 6) is 1.60. The van der Waals surface area contributed by atoms with Gasteiger partial charge in [0.15, 0.2) is 0 Å². The third-order valence-electron chi connectivity index (χ3n) is 4.33. The zero-order valence-electron chi connectivity index (χ0n) is 16.3. The molecular weight excluding hydrogens is 440 g/mol. The Labute approximate surface area is 179 Å². The van der Waals surface area contributed by atoms with Crippen LogP contribution in [0.1, 0.15) is 18.1 Å². The van der Waals surface area contributed by atoms with Crippen LogP contribution in [0.3, 0.4) is 0 Å². The number of rotatable bonds is 9. The monoisotopic (exact) mass is 464 g/mol. The Morgan fingerprint density at radius 3 is 2.29 bits per heavy atom. The van der Waals surface area contributed by atoms with Crippen molar-refractivity contribution >= 4 is 39.5 Å². The van der Waals surface area contributed by atoms with Crippen molar-refractivity contribution in [2.75, 3.05) is 19.9 Å². The molecule has 2 rings (SSSR count). The molecule has 0 saturated heterocycles. The Morgan fingerprint density at radius 2 is 1.71 bits per heavy atom. The lowest BCUT2D eigenvalue weighted by Gasteiger charge is -2.28. The fourth-order valence-corrected chi connectivity index (χ4v) is 3.77. The first-order chi connectivity index (χ1) is 13.4. The summed E-state index contributed by atoms with van der Waals surface area (Å²) in [6.07, 6.45) is 0. The number of benzene rings is 2. The van der Waals surface area contributed by atoms with E-state index in [1.165, 1.54) is 11.8 Å². The molecule has 5 nitrogen and oxygen atoms in total. The molecule has 0 unspecified atom stereocenters. The van der Waals surface area contributed by atoms with E-state index in [1.807, 2.05) is 48.5 Å². The quantitative estimate of drug-likeness (QED) is 0.611. The van der Waals surface area contributed by atoms with Crippen LogP contribution in [0.15, 0.2) is 53.0 Å². The second kappa shape index (κ2) is 11.1. The highest BCUT2D eigenvalue weighted by molar-refractivity contribution is 9.10. The molecule has 0 aromatic heterocycles. The molecule has 1 atom stereocenters. The maximum atomic E-state index is 12.9. The Bertz CT molecular complexity index is 781. The second-order valence-corrected chi connectivity index (χ2v) is 8.18. The second-order valence-electron chi connectivity index (χ2n) is 6.28. The van der Waals surface area contributed by atoms with Gasteiger partial charge >= 0.3 is 0 Å². The summed E-state index contributed by atoms with van der Waals surface area (Å²) in [6, 6.07) is 15.0. The average Bonchev–Trinajstić information content (AvgIpc) is 2.72. The molecule has 2 aromatic rings. The number of carbonyl (C=O) groups is 2. The van der Waals surface area contributed by atoms with Crippen molar-refractivity contribution in [3.8, 4) is 5.75 Å². The summed E-state index contributed by atoms with van der Waals surface area (Å²) in [4.78, 5) is 26.6. The van der Waals surface area contributed by atoms with E-state index in [0.29, 0.717) is 12.3 Å². The van der Waals surface area contributed by atoms with E-state index in [1.54, 1.807) is 26.0 Å². The number of carbonyl (C=O) groups excluding carboxylic acids is 2. The Hall–Kier alpha value is -1.99. The minimum absolute atomic E-state index is 0.0578. The van der Waals surface area contributed by atoms with E-state index in [0.717, 1.165) is 27.1 Å². The van der Waals surface area contributed by atoms with Crippen molar-refractivity contribution in [2.45, 2.75) is 25.3 Å². The van der Waals surface area contributed by atoms with Gasteiger partial charge in [-0.3, -0.25) is 9.59 Å². The van der Waals surface area contributed by atoms with Gasteiger partial charge in [0.2, 0.25) is 11.8 Å². The molecule has 28 heavy (non-hydrogen) atoms. The smallest absolute Gasteiger partial charge is 0.242 e. The number of ether oxygens (including phenoxy) is 1. The molecule has 0 saturated carbocycles. The molecule has 0 fully saturated rings. The molecule has 1 N–H and O–H groups in total. The lowest BCUT2D eigenvalue weighted by atomic mass is 10.1. The van der Waals surface area contributed by atoms with Crippen LogP contribution in [0.25, 0.3) is 0 Å². The number of halogens is 1. The number of likely N-dealkylation sites (N-methyl/N-ethyl adjacent to an activating group) is 1. The summed E-state index contributed by atoms with van der Waals surface area (Å²) >= 11 is 4.95. The van der Waals surface area contributed by atoms with Crippen LogP contribution in [0.4, 0.5) is 0 Å². The average molecular weight is 465 g/mol. The van der Waals surface area contributed by atoms with E-state index >= 15 is 0 Å². The van der Waals surface area contributed by atoms with E-state index < -0.39 is 6.04 Å². The van der Waals surface area contributed by atoms with Crippen molar-refractivity contribution < 1.29 is 14.3 Å². The zero-order valence-corrected chi connectivity index (χ0v) is 18.7. The largest absolute Gasteiger partial charge is 0.497 e. The first kappa shape index (κ1) is 22.3. The summed E-state index contributed by atoms with van der Waals surface area (Å²) in [7, 11) is 3.22. The predicted molar refractivity (Wildman–Crippen MR) is 117 cm³/mol. The molecule has 7 heteroatoms. The molecule has 0 radical (unpaired) electrons. The molecular formula is C21H25BrN2O3S. The molecule has 150 valence electrons. The molecule has 2 amide bonds. The van der Waals surface area contributed by atoms with E-state index in [9.17, 15) is 9.59 Å². The minimum Gasteiger partial charge on any atom is -0.497 e. The first-order valence-corrected chi connectivity index (χ1v) is 10.9. The molecule has 0 heterocycles. The summed E-state index contributed by atoms with van der Waals surface area (Å²) < 4.78 is 6.13. The lowest BCUT2D eigenvalue weighted by Crippen LogP contribution is -2.47. The highest BCUT2D eigenvalue weighted by atomic mass is 79.9. The van der Waals surface area contributed by atoms with E-state index in [4.69, 9.17) is 4.74 Å². The standard InChI is InChI=1S/C21H25BrN2O3S/c1-15(21(26)23-2)24(12-16-4-8-18(22)9-5-16)20(25)14-28-13-17-6-10-19(27-3)11-7-17/h4-11,15H,12-14H2,1-3H3,(H,23,26)/t15-/m1/s1. The molecule has 2 aromatic carbocycles. The minimum atomic E-state index is -0.539. The fourth-order valence-electron chi connectivity index (χ4n) is 2.64. The van der Waals surface area contributed by atoms with Gasteiger partial charge in [-0.05, 0) is 42.3 Å². The molecule has 0 aliphatic rings. The van der Waals surface area contributed by atoms with Gasteiger partial charge < -0.3 is 15.0 Å². The fraction of sp³-hybridized carbons (Fsp3) is 0.333. The zero-order chi connectivity index (χ0) is 20.5. The van der Waals surface area contributed by atoms with Crippen LogP contribution in [-0.4, -0.2) is 42.7 Å². The Morgan fingerprint density at radius 1 is 1.11 bits per heavy atom. The van der Waals surface area contributed by atoms with Gasteiger partial charge in [0.1, 0.15) is 11.8 Å². The molecule has 0 bridgehead atoms. The highest BCUT2D eigenvalue weighted by Crippen LogP contribution is 2.19. The summed E-state index contributed by atoms with van der Waals surface area (Å²) in [6.45, 7) is 2.15. The van der Waals surface area contributed by atoms with Crippen molar-refractivity contribution in [3.05, 3.63) is 64.1 Å². The third kappa shape index (κ3) is 6.56. The van der Waals surface area contributed by atoms with Crippen molar-refractivity contribution in [1.82, 2.24) is 10.2 Å². The van der Waals surface area contributed by atoms with Gasteiger partial charge in [0, 0.05) is 23.8 Å². The van der Waals surface area contributed by atoms with Crippen LogP contribution in [-0.2, 0) is 21.9 Å². The van der Waals surface area contributed by atoms with Gasteiger partial charge in [-0.2, -0.15) is 0 Å². The summed E-state index contributed by atoms with van der Waals surface area (Å²) in [5.41, 5.74) is 2.10. The van der Waals surface area contributed by atoms with Crippen LogP contribution >= 0.6 is 27.7 Å². The predicted octanol–water partition coefficient (Wildman–Crippen LogP) is 3.85. The number of nitrogens with zero attached hydrogens (tertiary/aromatic N) is 1. The van der Waals surface area contributed by atoms with Gasteiger partial charge in [-0.25, -0.2) is 0 Å². The number of methoxy groups -OCH3 is 1. The topological polar surface area (TPSA) is 58.6 Å².